The number of aliphatic carboxylic acids is 1. The van der Waals surface area contributed by atoms with Gasteiger partial charge in [0.15, 0.2) is 6.04 Å². The van der Waals surface area contributed by atoms with E-state index in [9.17, 15) is 9.59 Å². The van der Waals surface area contributed by atoms with Crippen LogP contribution in [0.5, 0.6) is 0 Å². The average Bonchev–Trinajstić information content (AvgIpc) is 2.23. The van der Waals surface area contributed by atoms with Gasteiger partial charge in [0.1, 0.15) is 6.04 Å². The lowest BCUT2D eigenvalue weighted by atomic mass is 9.91. The number of rotatable bonds is 1. The van der Waals surface area contributed by atoms with E-state index in [4.69, 9.17) is 10.8 Å². The molecule has 0 saturated carbocycles. The van der Waals surface area contributed by atoms with E-state index in [1.165, 1.54) is 0 Å². The maximum atomic E-state index is 11.4. The third-order valence-electron chi connectivity index (χ3n) is 2.46. The first kappa shape index (κ1) is 9.67. The minimum atomic E-state index is -1.08. The van der Waals surface area contributed by atoms with Crippen LogP contribution in [-0.4, -0.2) is 17.0 Å². The lowest BCUT2D eigenvalue weighted by Gasteiger charge is -2.27. The zero-order valence-corrected chi connectivity index (χ0v) is 7.81. The Labute approximate surface area is 85.9 Å². The molecule has 78 valence electrons. The highest BCUT2D eigenvalue weighted by Crippen LogP contribution is 2.27. The van der Waals surface area contributed by atoms with Crippen LogP contribution in [0.25, 0.3) is 0 Å². The third kappa shape index (κ3) is 1.46. The summed E-state index contributed by atoms with van der Waals surface area (Å²) < 4.78 is 0. The molecule has 2 atom stereocenters. The third-order valence-corrected chi connectivity index (χ3v) is 2.46. The van der Waals surface area contributed by atoms with E-state index in [1.54, 1.807) is 24.3 Å². The molecule has 1 aromatic rings. The van der Waals surface area contributed by atoms with E-state index >= 15 is 0 Å². The molecule has 0 aliphatic carbocycles. The molecule has 15 heavy (non-hydrogen) atoms. The summed E-state index contributed by atoms with van der Waals surface area (Å²) in [5.41, 5.74) is 6.78. The summed E-state index contributed by atoms with van der Waals surface area (Å²) in [4.78, 5) is 22.3. The Kier molecular flexibility index (Phi) is 2.17. The minimum absolute atomic E-state index is 0.457. The molecule has 4 N–H and O–H groups in total. The standard InChI is InChI=1S/C10H10N2O3/c11-7-5-3-1-2-4-6(5)8(10(14)15)12-9(7)13/h1-4,7-8H,11H2,(H,12,13)(H,14,15). The Balaban J connectivity index is 2.54. The largest absolute Gasteiger partial charge is 0.479 e. The number of nitrogens with two attached hydrogens (primary N) is 1. The van der Waals surface area contributed by atoms with E-state index in [1.807, 2.05) is 0 Å². The first-order chi connectivity index (χ1) is 7.11. The van der Waals surface area contributed by atoms with Gasteiger partial charge in [-0.3, -0.25) is 4.79 Å². The van der Waals surface area contributed by atoms with Crippen LogP contribution in [-0.2, 0) is 9.59 Å². The van der Waals surface area contributed by atoms with Crippen molar-refractivity contribution in [2.24, 2.45) is 5.73 Å². The zero-order chi connectivity index (χ0) is 11.0. The molecular formula is C10H10N2O3. The molecule has 1 aliphatic rings. The minimum Gasteiger partial charge on any atom is -0.479 e. The van der Waals surface area contributed by atoms with E-state index in [2.05, 4.69) is 5.32 Å². The zero-order valence-electron chi connectivity index (χ0n) is 7.81. The van der Waals surface area contributed by atoms with Gasteiger partial charge in [0, 0.05) is 0 Å². The predicted octanol–water partition coefficient (Wildman–Crippen LogP) is -0.0581. The fraction of sp³-hybridized carbons (Fsp3) is 0.200. The molecule has 0 radical (unpaired) electrons. The van der Waals surface area contributed by atoms with Crippen LogP contribution in [0, 0.1) is 0 Å². The number of hydrogen-bond acceptors (Lipinski definition) is 3. The van der Waals surface area contributed by atoms with Gasteiger partial charge in [-0.25, -0.2) is 4.79 Å². The first-order valence-corrected chi connectivity index (χ1v) is 4.49. The van der Waals surface area contributed by atoms with Gasteiger partial charge < -0.3 is 16.2 Å². The van der Waals surface area contributed by atoms with Crippen molar-refractivity contribution in [1.29, 1.82) is 0 Å². The summed E-state index contributed by atoms with van der Waals surface area (Å²) in [7, 11) is 0. The van der Waals surface area contributed by atoms with Crippen molar-refractivity contribution >= 4 is 11.9 Å². The Morgan fingerprint density at radius 3 is 2.53 bits per heavy atom. The summed E-state index contributed by atoms with van der Waals surface area (Å²) >= 11 is 0. The van der Waals surface area contributed by atoms with Gasteiger partial charge in [-0.2, -0.15) is 0 Å². The highest BCUT2D eigenvalue weighted by molar-refractivity contribution is 5.91. The van der Waals surface area contributed by atoms with Crippen molar-refractivity contribution in [1.82, 2.24) is 5.32 Å². The van der Waals surface area contributed by atoms with Crippen molar-refractivity contribution in [2.75, 3.05) is 0 Å². The number of nitrogens with one attached hydrogen (secondary N) is 1. The summed E-state index contributed by atoms with van der Waals surface area (Å²) in [6.45, 7) is 0. The molecule has 0 spiro atoms. The molecule has 5 heteroatoms. The molecular weight excluding hydrogens is 196 g/mol. The Morgan fingerprint density at radius 2 is 1.93 bits per heavy atom. The highest BCUT2D eigenvalue weighted by Gasteiger charge is 2.34. The van der Waals surface area contributed by atoms with Crippen molar-refractivity contribution in [3.05, 3.63) is 35.4 Å². The van der Waals surface area contributed by atoms with E-state index in [-0.39, 0.29) is 0 Å². The molecule has 0 fully saturated rings. The highest BCUT2D eigenvalue weighted by atomic mass is 16.4. The van der Waals surface area contributed by atoms with Crippen LogP contribution in [0.3, 0.4) is 0 Å². The van der Waals surface area contributed by atoms with Gasteiger partial charge in [0.05, 0.1) is 0 Å². The fourth-order valence-corrected chi connectivity index (χ4v) is 1.70. The van der Waals surface area contributed by atoms with Crippen LogP contribution in [0.1, 0.15) is 23.2 Å². The van der Waals surface area contributed by atoms with Crippen LogP contribution in [0.15, 0.2) is 24.3 Å². The van der Waals surface area contributed by atoms with E-state index < -0.39 is 24.0 Å². The molecule has 0 saturated heterocycles. The number of benzene rings is 1. The fourth-order valence-electron chi connectivity index (χ4n) is 1.70. The van der Waals surface area contributed by atoms with Gasteiger partial charge in [-0.05, 0) is 11.1 Å². The number of fused-ring (bicyclic) bond motifs is 1. The Morgan fingerprint density at radius 1 is 1.33 bits per heavy atom. The second-order valence-corrected chi connectivity index (χ2v) is 3.39. The maximum Gasteiger partial charge on any atom is 0.330 e. The van der Waals surface area contributed by atoms with Crippen molar-refractivity contribution in [3.8, 4) is 0 Å². The second-order valence-electron chi connectivity index (χ2n) is 3.39. The number of carbonyl (C=O) groups is 2. The van der Waals surface area contributed by atoms with Gasteiger partial charge in [-0.15, -0.1) is 0 Å². The molecule has 1 heterocycles. The number of carboxylic acids is 1. The van der Waals surface area contributed by atoms with Crippen molar-refractivity contribution < 1.29 is 14.7 Å². The predicted molar refractivity (Wildman–Crippen MR) is 51.9 cm³/mol. The smallest absolute Gasteiger partial charge is 0.330 e. The molecule has 2 rings (SSSR count). The summed E-state index contributed by atoms with van der Waals surface area (Å²) in [5.74, 6) is -1.54. The quantitative estimate of drug-likeness (QED) is 0.600. The summed E-state index contributed by atoms with van der Waals surface area (Å²) in [5, 5.41) is 11.3. The van der Waals surface area contributed by atoms with E-state index in [0.29, 0.717) is 11.1 Å². The van der Waals surface area contributed by atoms with Crippen LogP contribution < -0.4 is 11.1 Å². The van der Waals surface area contributed by atoms with Gasteiger partial charge in [0.25, 0.3) is 0 Å². The molecule has 0 aromatic heterocycles. The number of amides is 1. The van der Waals surface area contributed by atoms with Gasteiger partial charge in [-0.1, -0.05) is 24.3 Å². The number of carboxylic acid groups (broad SMARTS) is 1. The molecule has 5 nitrogen and oxygen atoms in total. The summed E-state index contributed by atoms with van der Waals surface area (Å²) in [6, 6.07) is 5.02. The maximum absolute atomic E-state index is 11.4. The lowest BCUT2D eigenvalue weighted by Crippen LogP contribution is -2.44. The van der Waals surface area contributed by atoms with Crippen molar-refractivity contribution in [3.63, 3.8) is 0 Å². The molecule has 2 unspecified atom stereocenters. The number of carbonyl (C=O) groups excluding carboxylic acids is 1. The molecule has 1 aliphatic heterocycles. The first-order valence-electron chi connectivity index (χ1n) is 4.49. The Bertz CT molecular complexity index is 430. The van der Waals surface area contributed by atoms with Crippen molar-refractivity contribution in [2.45, 2.75) is 12.1 Å². The average molecular weight is 206 g/mol. The normalized spacial score (nSPS) is 24.2. The summed E-state index contributed by atoms with van der Waals surface area (Å²) in [6.07, 6.45) is 0. The Hall–Kier alpha value is -1.88. The molecule has 1 aromatic carbocycles. The molecule has 0 bridgehead atoms. The van der Waals surface area contributed by atoms with Crippen LogP contribution >= 0.6 is 0 Å². The molecule has 1 amide bonds. The van der Waals surface area contributed by atoms with Crippen LogP contribution in [0.2, 0.25) is 0 Å². The number of hydrogen-bond donors (Lipinski definition) is 3. The van der Waals surface area contributed by atoms with Gasteiger partial charge in [0.2, 0.25) is 5.91 Å². The van der Waals surface area contributed by atoms with E-state index in [0.717, 1.165) is 0 Å². The van der Waals surface area contributed by atoms with Crippen LogP contribution in [0.4, 0.5) is 0 Å². The topological polar surface area (TPSA) is 92.4 Å². The van der Waals surface area contributed by atoms with Gasteiger partial charge >= 0.3 is 5.97 Å². The second kappa shape index (κ2) is 3.36. The lowest BCUT2D eigenvalue weighted by molar-refractivity contribution is -0.142. The SMILES string of the molecule is NC1C(=O)NC(C(=O)O)c2ccccc21. The monoisotopic (exact) mass is 206 g/mol.